The molecule has 5 aliphatic carbocycles. The molecule has 9 aliphatic rings. The van der Waals surface area contributed by atoms with Gasteiger partial charge in [-0.15, -0.1) is 0 Å². The summed E-state index contributed by atoms with van der Waals surface area (Å²) in [6.45, 7) is 13.5. The summed E-state index contributed by atoms with van der Waals surface area (Å²) in [7, 11) is 0. The summed E-state index contributed by atoms with van der Waals surface area (Å²) in [6, 6.07) is 0. The van der Waals surface area contributed by atoms with E-state index in [4.69, 9.17) is 42.6 Å². The van der Waals surface area contributed by atoms with Crippen LogP contribution in [0.3, 0.4) is 0 Å². The van der Waals surface area contributed by atoms with Gasteiger partial charge in [-0.25, -0.2) is 9.59 Å². The Balaban J connectivity index is 1.04. The maximum Gasteiger partial charge on any atom is 0.335 e. The Morgan fingerprint density at radius 1 is 0.671 bits per heavy atom. The number of carbonyl (C=O) groups excluding carboxylic acids is 2. The lowest BCUT2D eigenvalue weighted by atomic mass is 9.33. The molecule has 4 saturated carbocycles. The van der Waals surface area contributed by atoms with Gasteiger partial charge >= 0.3 is 11.9 Å². The summed E-state index contributed by atoms with van der Waals surface area (Å²) in [4.78, 5) is 40.7. The molecule has 4 aliphatic heterocycles. The summed E-state index contributed by atoms with van der Waals surface area (Å²) in [5.41, 5.74) is -3.05. The van der Waals surface area contributed by atoms with Gasteiger partial charge < -0.3 is 114 Å². The maximum absolute atomic E-state index is 14.1. The molecule has 0 radical (unpaired) electrons. The van der Waals surface area contributed by atoms with Gasteiger partial charge in [-0.3, -0.25) is 0 Å². The molecule has 0 aromatic carbocycles. The fourth-order valence-corrected chi connectivity index (χ4v) is 16.7. The van der Waals surface area contributed by atoms with E-state index in [1.54, 1.807) is 26.8 Å². The first kappa shape index (κ1) is 63.8. The van der Waals surface area contributed by atoms with Crippen molar-refractivity contribution >= 4 is 18.2 Å². The standard InChI is InChI=1S/C57H88O25/c1-9-24(2)47(73)77-34-18-52(3,4)16-26-25-10-11-31-53(5)14-13-33(54(6,22-59)30(53)12-15-55(31,7)56(25,8)17-32(63)57(26,34)23-60)78-51-45(82-49-40(69)38(67)37(66)29(19-58)76-49)42(41(70)43(80-51)46(71)72)79-50-44(36(65)28(62)21-75-50)81-48-39(68)35(64)27(61)20-74-48/h9-10,22,26-45,48-51,58,60-70H,11-21,23H2,1-8H3,(H,71,72)/b24-9-/t26-,27+,28-,29+,30+,31+,32+,33-,34-,35-,36-,37-,38-,39+,40+,41-,42-,43-,44+,45+,48-,49-,50-,51+,53-,54-,55+,56+,57-/m0/s1. The number of aldehydes is 1. The van der Waals surface area contributed by atoms with E-state index < -0.39 is 200 Å². The van der Waals surface area contributed by atoms with Gasteiger partial charge in [0.05, 0.1) is 49.5 Å². The highest BCUT2D eigenvalue weighted by Crippen LogP contribution is 2.76. The number of fused-ring (bicyclic) bond motifs is 7. The lowest BCUT2D eigenvalue weighted by Gasteiger charge is -2.72. The van der Waals surface area contributed by atoms with Crippen molar-refractivity contribution in [1.29, 1.82) is 0 Å². The van der Waals surface area contributed by atoms with E-state index in [1.807, 2.05) is 0 Å². The van der Waals surface area contributed by atoms with E-state index >= 15 is 0 Å². The van der Waals surface area contributed by atoms with Crippen LogP contribution in [0.15, 0.2) is 23.3 Å². The second-order valence-electron chi connectivity index (χ2n) is 26.7. The number of hydrogen-bond acceptors (Lipinski definition) is 24. The molecule has 0 aromatic rings. The number of aliphatic carboxylic acids is 1. The Labute approximate surface area is 476 Å². The Morgan fingerprint density at radius 3 is 1.94 bits per heavy atom. The van der Waals surface area contributed by atoms with Crippen molar-refractivity contribution in [2.75, 3.05) is 26.4 Å². The van der Waals surface area contributed by atoms with Crippen molar-refractivity contribution in [1.82, 2.24) is 0 Å². The van der Waals surface area contributed by atoms with Crippen LogP contribution in [0.2, 0.25) is 0 Å². The number of rotatable bonds is 14. The zero-order valence-corrected chi connectivity index (χ0v) is 47.8. The molecule has 0 bridgehead atoms. The van der Waals surface area contributed by atoms with Gasteiger partial charge in [0.1, 0.15) is 91.7 Å². The van der Waals surface area contributed by atoms with Gasteiger partial charge in [-0.2, -0.15) is 0 Å². The number of carboxylic acid groups (broad SMARTS) is 1. The molecule has 0 spiro atoms. The highest BCUT2D eigenvalue weighted by molar-refractivity contribution is 5.87. The molecule has 9 rings (SSSR count). The molecule has 0 aromatic heterocycles. The summed E-state index contributed by atoms with van der Waals surface area (Å²) < 4.78 is 54.4. The molecular weight excluding hydrogens is 1080 g/mol. The molecule has 0 unspecified atom stereocenters. The molecule has 13 N–H and O–H groups in total. The smallest absolute Gasteiger partial charge is 0.335 e. The number of allylic oxidation sites excluding steroid dienone is 3. The molecule has 4 saturated heterocycles. The maximum atomic E-state index is 14.1. The number of carbonyl (C=O) groups is 3. The monoisotopic (exact) mass is 1170 g/mol. The SMILES string of the molecule is C/C=C(/C)C(=O)O[C@H]1CC(C)(C)C[C@H]2C3=CC[C@@H]4[C@@]5(C)CC[C@H](O[C@@H]6O[C@H](C(=O)O)[C@@H](O)[C@H](O[C@@H]7OC[C@H](O)[C@H](O)[C@H]7O[C@@H]7OC[C@@H](O)[C@H](O)[C@H]7O)[C@H]6O[C@@H]6O[C@H](CO)[C@H](O)[C@H](O)[C@H]6O)[C@@](C)(C=O)[C@@H]5CC[C@@]4(C)[C@]3(C)C[C@@H](O)[C@@]12CO. The third kappa shape index (κ3) is 10.4. The number of esters is 1. The lowest BCUT2D eigenvalue weighted by molar-refractivity contribution is -0.398. The van der Waals surface area contributed by atoms with E-state index in [2.05, 4.69) is 40.7 Å². The van der Waals surface area contributed by atoms with Crippen LogP contribution < -0.4 is 0 Å². The zero-order chi connectivity index (χ0) is 60.1. The Kier molecular flexibility index (Phi) is 18.2. The predicted molar refractivity (Wildman–Crippen MR) is 278 cm³/mol. The first-order valence-corrected chi connectivity index (χ1v) is 28.8. The van der Waals surface area contributed by atoms with Crippen molar-refractivity contribution in [3.05, 3.63) is 23.3 Å². The third-order valence-electron chi connectivity index (χ3n) is 21.7. The van der Waals surface area contributed by atoms with E-state index in [9.17, 15) is 80.8 Å². The minimum absolute atomic E-state index is 0.0883. The van der Waals surface area contributed by atoms with E-state index in [0.717, 1.165) is 11.9 Å². The molecule has 4 heterocycles. The second kappa shape index (κ2) is 23.4. The predicted octanol–water partition coefficient (Wildman–Crippen LogP) is -1.55. The van der Waals surface area contributed by atoms with Gasteiger partial charge in [0.15, 0.2) is 31.3 Å². The average Bonchev–Trinajstić information content (AvgIpc) is 0.800. The molecule has 8 fully saturated rings. The Bertz CT molecular complexity index is 2390. The van der Waals surface area contributed by atoms with Crippen molar-refractivity contribution in [2.45, 2.75) is 236 Å². The van der Waals surface area contributed by atoms with Crippen LogP contribution in [-0.2, 0) is 57.0 Å². The lowest BCUT2D eigenvalue weighted by Crippen LogP contribution is -2.70. The highest BCUT2D eigenvalue weighted by Gasteiger charge is 2.73. The van der Waals surface area contributed by atoms with Crippen LogP contribution in [-0.4, -0.2) is 240 Å². The number of aliphatic hydroxyl groups excluding tert-OH is 12. The molecule has 25 heteroatoms. The van der Waals surface area contributed by atoms with E-state index in [1.165, 1.54) is 0 Å². The molecule has 0 amide bonds. The fraction of sp³-hybridized carbons (Fsp3) is 0.877. The summed E-state index contributed by atoms with van der Waals surface area (Å²) in [5.74, 6) is -3.08. The van der Waals surface area contributed by atoms with Gasteiger partial charge in [0.2, 0.25) is 0 Å². The fourth-order valence-electron chi connectivity index (χ4n) is 16.7. The molecule has 25 nitrogen and oxygen atoms in total. The summed E-state index contributed by atoms with van der Waals surface area (Å²) in [6.07, 6.45) is -28.9. The summed E-state index contributed by atoms with van der Waals surface area (Å²) in [5, 5.41) is 143. The van der Waals surface area contributed by atoms with Gasteiger partial charge in [0, 0.05) is 5.57 Å². The zero-order valence-electron chi connectivity index (χ0n) is 47.8. The normalized spacial score (nSPS) is 52.2. The van der Waals surface area contributed by atoms with Gasteiger partial charge in [-0.05, 0) is 105 Å². The molecule has 29 atom stereocenters. The third-order valence-corrected chi connectivity index (χ3v) is 21.7. The Morgan fingerprint density at radius 2 is 1.30 bits per heavy atom. The van der Waals surface area contributed by atoms with Crippen molar-refractivity contribution < 1.29 is 123 Å². The topological polar surface area (TPSA) is 397 Å². The minimum atomic E-state index is -2.26. The number of hydrogen-bond donors (Lipinski definition) is 13. The quantitative estimate of drug-likeness (QED) is 0.0308. The first-order valence-electron chi connectivity index (χ1n) is 28.8. The Hall–Kier alpha value is -2.71. The van der Waals surface area contributed by atoms with Crippen LogP contribution in [0.4, 0.5) is 0 Å². The van der Waals surface area contributed by atoms with Crippen molar-refractivity contribution in [2.24, 2.45) is 50.2 Å². The average molecular weight is 1170 g/mol. The van der Waals surface area contributed by atoms with Gasteiger partial charge in [0.25, 0.3) is 0 Å². The van der Waals surface area contributed by atoms with Crippen LogP contribution >= 0.6 is 0 Å². The largest absolute Gasteiger partial charge is 0.479 e. The van der Waals surface area contributed by atoms with Crippen molar-refractivity contribution in [3.8, 4) is 0 Å². The summed E-state index contributed by atoms with van der Waals surface area (Å²) >= 11 is 0. The number of carboxylic acids is 1. The van der Waals surface area contributed by atoms with Crippen LogP contribution in [0.1, 0.15) is 107 Å². The molecule has 82 heavy (non-hydrogen) atoms. The van der Waals surface area contributed by atoms with Crippen LogP contribution in [0.5, 0.6) is 0 Å². The van der Waals surface area contributed by atoms with E-state index in [-0.39, 0.29) is 30.1 Å². The number of aliphatic hydroxyl groups is 12. The van der Waals surface area contributed by atoms with Gasteiger partial charge in [-0.1, -0.05) is 59.3 Å². The highest BCUT2D eigenvalue weighted by atomic mass is 16.8. The van der Waals surface area contributed by atoms with Crippen molar-refractivity contribution in [3.63, 3.8) is 0 Å². The van der Waals surface area contributed by atoms with E-state index in [0.29, 0.717) is 44.1 Å². The van der Waals surface area contributed by atoms with Crippen LogP contribution in [0, 0.1) is 50.2 Å². The number of ether oxygens (including phenoxy) is 9. The molecular formula is C57H88O25. The second-order valence-corrected chi connectivity index (χ2v) is 26.7. The molecule has 466 valence electrons. The minimum Gasteiger partial charge on any atom is -0.479 e. The van der Waals surface area contributed by atoms with Crippen LogP contribution in [0.25, 0.3) is 0 Å². The first-order chi connectivity index (χ1) is 38.4.